The van der Waals surface area contributed by atoms with Crippen LogP contribution in [-0.4, -0.2) is 55.3 Å². The molecule has 180 valence electrons. The first kappa shape index (κ1) is 25.4. The van der Waals surface area contributed by atoms with E-state index >= 15 is 0 Å². The van der Waals surface area contributed by atoms with E-state index in [1.165, 1.54) is 16.7 Å². The molecule has 2 aromatic rings. The maximum absolute atomic E-state index is 12.9. The standard InChI is InChI=1S/C26H31N3O4S/c1-6-29(7-2)21-15-12-19(22(17-21)32-8-3)16-23-24(30)28(5)26(34-23)27-20-13-10-18(11-14-20)25(31)33-9-4/h10-17H,6-9H2,1-5H3/b23-16+,27-26?. The number of thioether (sulfide) groups is 1. The molecular formula is C26H31N3O4S. The van der Waals surface area contributed by atoms with Crippen molar-refractivity contribution in [2.45, 2.75) is 27.7 Å². The van der Waals surface area contributed by atoms with Gasteiger partial charge in [-0.1, -0.05) is 0 Å². The van der Waals surface area contributed by atoms with Crippen LogP contribution in [0.3, 0.4) is 0 Å². The molecule has 0 spiro atoms. The molecule has 0 aliphatic carbocycles. The average Bonchev–Trinajstić information content (AvgIpc) is 3.10. The number of ether oxygens (including phenoxy) is 2. The van der Waals surface area contributed by atoms with Gasteiger partial charge in [0.25, 0.3) is 5.91 Å². The van der Waals surface area contributed by atoms with E-state index < -0.39 is 0 Å². The molecule has 0 N–H and O–H groups in total. The first-order chi connectivity index (χ1) is 16.4. The Balaban J connectivity index is 1.86. The van der Waals surface area contributed by atoms with Crippen LogP contribution in [0, 0.1) is 0 Å². The molecule has 0 radical (unpaired) electrons. The van der Waals surface area contributed by atoms with Crippen molar-refractivity contribution in [1.82, 2.24) is 4.90 Å². The topological polar surface area (TPSA) is 71.4 Å². The minimum absolute atomic E-state index is 0.123. The summed E-state index contributed by atoms with van der Waals surface area (Å²) in [6.45, 7) is 10.6. The number of rotatable bonds is 9. The molecule has 0 unspecified atom stereocenters. The summed E-state index contributed by atoms with van der Waals surface area (Å²) in [6, 6.07) is 12.9. The Hall–Kier alpha value is -3.26. The Morgan fingerprint density at radius 1 is 1.06 bits per heavy atom. The van der Waals surface area contributed by atoms with Gasteiger partial charge in [0.1, 0.15) is 5.75 Å². The van der Waals surface area contributed by atoms with Crippen molar-refractivity contribution in [3.8, 4) is 5.75 Å². The smallest absolute Gasteiger partial charge is 0.338 e. The summed E-state index contributed by atoms with van der Waals surface area (Å²) in [5.41, 5.74) is 3.05. The van der Waals surface area contributed by atoms with Crippen LogP contribution in [-0.2, 0) is 9.53 Å². The van der Waals surface area contributed by atoms with Crippen LogP contribution in [0.2, 0.25) is 0 Å². The van der Waals surface area contributed by atoms with Gasteiger partial charge in [0.15, 0.2) is 5.17 Å². The second kappa shape index (κ2) is 11.7. The van der Waals surface area contributed by atoms with E-state index in [1.807, 2.05) is 25.1 Å². The highest BCUT2D eigenvalue weighted by Gasteiger charge is 2.30. The molecule has 3 rings (SSSR count). The highest BCUT2D eigenvalue weighted by Crippen LogP contribution is 2.36. The predicted molar refractivity (Wildman–Crippen MR) is 139 cm³/mol. The van der Waals surface area contributed by atoms with Gasteiger partial charge in [0, 0.05) is 37.5 Å². The molecule has 1 heterocycles. The monoisotopic (exact) mass is 481 g/mol. The predicted octanol–water partition coefficient (Wildman–Crippen LogP) is 5.34. The van der Waals surface area contributed by atoms with Gasteiger partial charge in [-0.3, -0.25) is 9.69 Å². The molecule has 8 heteroatoms. The van der Waals surface area contributed by atoms with Gasteiger partial charge in [0.05, 0.1) is 29.4 Å². The highest BCUT2D eigenvalue weighted by molar-refractivity contribution is 8.18. The number of carbonyl (C=O) groups is 2. The third-order valence-corrected chi connectivity index (χ3v) is 6.38. The van der Waals surface area contributed by atoms with Crippen LogP contribution in [0.15, 0.2) is 52.4 Å². The molecule has 34 heavy (non-hydrogen) atoms. The second-order valence-corrected chi connectivity index (χ2v) is 8.47. The van der Waals surface area contributed by atoms with Crippen LogP contribution in [0.1, 0.15) is 43.6 Å². The van der Waals surface area contributed by atoms with Crippen LogP contribution >= 0.6 is 11.8 Å². The molecular weight excluding hydrogens is 450 g/mol. The lowest BCUT2D eigenvalue weighted by molar-refractivity contribution is -0.121. The normalized spacial score (nSPS) is 15.8. The number of carbonyl (C=O) groups excluding carboxylic acids is 2. The van der Waals surface area contributed by atoms with Crippen molar-refractivity contribution in [3.05, 3.63) is 58.5 Å². The Kier molecular flexibility index (Phi) is 8.76. The number of hydrogen-bond donors (Lipinski definition) is 0. The number of esters is 1. The quantitative estimate of drug-likeness (QED) is 0.356. The van der Waals surface area contributed by atoms with Gasteiger partial charge in [-0.2, -0.15) is 0 Å². The van der Waals surface area contributed by atoms with Crippen molar-refractivity contribution in [2.75, 3.05) is 38.3 Å². The summed E-state index contributed by atoms with van der Waals surface area (Å²) in [7, 11) is 1.70. The second-order valence-electron chi connectivity index (χ2n) is 7.46. The zero-order valence-electron chi connectivity index (χ0n) is 20.3. The fourth-order valence-electron chi connectivity index (χ4n) is 3.50. The van der Waals surface area contributed by atoms with Crippen molar-refractivity contribution < 1.29 is 19.1 Å². The Labute approximate surface area is 205 Å². The molecule has 1 saturated heterocycles. The lowest BCUT2D eigenvalue weighted by Gasteiger charge is -2.22. The molecule has 0 aromatic heterocycles. The van der Waals surface area contributed by atoms with Crippen molar-refractivity contribution >= 4 is 46.3 Å². The van der Waals surface area contributed by atoms with E-state index in [9.17, 15) is 9.59 Å². The van der Waals surface area contributed by atoms with Gasteiger partial charge < -0.3 is 14.4 Å². The number of hydrogen-bond acceptors (Lipinski definition) is 7. The van der Waals surface area contributed by atoms with E-state index in [2.05, 4.69) is 29.8 Å². The van der Waals surface area contributed by atoms with Gasteiger partial charge in [-0.15, -0.1) is 0 Å². The third-order valence-electron chi connectivity index (χ3n) is 5.32. The number of amides is 1. The maximum Gasteiger partial charge on any atom is 0.338 e. The third kappa shape index (κ3) is 5.80. The van der Waals surface area contributed by atoms with Crippen LogP contribution in [0.25, 0.3) is 6.08 Å². The SMILES string of the molecule is CCOC(=O)c1ccc(N=C2S/C(=C/c3ccc(N(CC)CC)cc3OCC)C(=O)N2C)cc1. The fourth-order valence-corrected chi connectivity index (χ4v) is 4.48. The van der Waals surface area contributed by atoms with E-state index in [1.54, 1.807) is 38.2 Å². The minimum Gasteiger partial charge on any atom is -0.493 e. The number of benzene rings is 2. The summed E-state index contributed by atoms with van der Waals surface area (Å²) < 4.78 is 10.9. The summed E-state index contributed by atoms with van der Waals surface area (Å²) in [6.07, 6.45) is 1.85. The number of anilines is 1. The van der Waals surface area contributed by atoms with Gasteiger partial charge >= 0.3 is 5.97 Å². The highest BCUT2D eigenvalue weighted by atomic mass is 32.2. The van der Waals surface area contributed by atoms with Gasteiger partial charge in [-0.25, -0.2) is 9.79 Å². The average molecular weight is 482 g/mol. The number of nitrogens with zero attached hydrogens (tertiary/aromatic N) is 3. The van der Waals surface area contributed by atoms with Gasteiger partial charge in [0.2, 0.25) is 0 Å². The maximum atomic E-state index is 12.9. The van der Waals surface area contributed by atoms with E-state index in [4.69, 9.17) is 9.47 Å². The van der Waals surface area contributed by atoms with E-state index in [-0.39, 0.29) is 11.9 Å². The van der Waals surface area contributed by atoms with Gasteiger partial charge in [-0.05, 0) is 81.9 Å². The first-order valence-electron chi connectivity index (χ1n) is 11.5. The summed E-state index contributed by atoms with van der Waals surface area (Å²) in [5.74, 6) is 0.254. The largest absolute Gasteiger partial charge is 0.493 e. The fraction of sp³-hybridized carbons (Fsp3) is 0.346. The van der Waals surface area contributed by atoms with E-state index in [0.717, 1.165) is 30.1 Å². The molecule has 1 aliphatic rings. The summed E-state index contributed by atoms with van der Waals surface area (Å²) >= 11 is 1.31. The van der Waals surface area contributed by atoms with Crippen molar-refractivity contribution in [1.29, 1.82) is 0 Å². The zero-order valence-corrected chi connectivity index (χ0v) is 21.1. The summed E-state index contributed by atoms with van der Waals surface area (Å²) in [4.78, 5) is 33.7. The number of likely N-dealkylation sites (N-methyl/N-ethyl adjacent to an activating group) is 1. The van der Waals surface area contributed by atoms with Crippen LogP contribution < -0.4 is 9.64 Å². The molecule has 0 atom stereocenters. The molecule has 0 saturated carbocycles. The molecule has 1 fully saturated rings. The molecule has 1 aliphatic heterocycles. The number of amidine groups is 1. The number of aliphatic imine (C=N–C) groups is 1. The minimum atomic E-state index is -0.369. The molecule has 2 aromatic carbocycles. The van der Waals surface area contributed by atoms with Crippen molar-refractivity contribution in [2.24, 2.45) is 4.99 Å². The summed E-state index contributed by atoms with van der Waals surface area (Å²) in [5, 5.41) is 0.567. The molecule has 0 bridgehead atoms. The zero-order chi connectivity index (χ0) is 24.7. The molecule has 1 amide bonds. The Morgan fingerprint density at radius 2 is 1.76 bits per heavy atom. The van der Waals surface area contributed by atoms with Crippen LogP contribution in [0.4, 0.5) is 11.4 Å². The van der Waals surface area contributed by atoms with Crippen LogP contribution in [0.5, 0.6) is 5.75 Å². The lowest BCUT2D eigenvalue weighted by atomic mass is 10.1. The Morgan fingerprint density at radius 3 is 2.38 bits per heavy atom. The van der Waals surface area contributed by atoms with E-state index in [0.29, 0.717) is 34.5 Å². The lowest BCUT2D eigenvalue weighted by Crippen LogP contribution is -2.23. The Bertz CT molecular complexity index is 1090. The first-order valence-corrected chi connectivity index (χ1v) is 12.3. The van der Waals surface area contributed by atoms with Crippen molar-refractivity contribution in [3.63, 3.8) is 0 Å². The molecule has 7 nitrogen and oxygen atoms in total.